The molecule has 1 aliphatic heterocycles. The molecule has 27 heavy (non-hydrogen) atoms. The summed E-state index contributed by atoms with van der Waals surface area (Å²) in [5.74, 6) is 0.00242. The minimum atomic E-state index is -0.312. The van der Waals surface area contributed by atoms with Gasteiger partial charge in [0.15, 0.2) is 0 Å². The molecular weight excluding hydrogens is 346 g/mol. The number of amides is 3. The fourth-order valence-electron chi connectivity index (χ4n) is 2.99. The van der Waals surface area contributed by atoms with Crippen molar-refractivity contribution in [3.63, 3.8) is 0 Å². The lowest BCUT2D eigenvalue weighted by Crippen LogP contribution is -2.34. The number of rotatable bonds is 5. The van der Waals surface area contributed by atoms with Crippen molar-refractivity contribution in [3.05, 3.63) is 53.6 Å². The van der Waals surface area contributed by atoms with Gasteiger partial charge in [0.05, 0.1) is 6.54 Å². The van der Waals surface area contributed by atoms with Crippen LogP contribution in [0.3, 0.4) is 0 Å². The molecule has 1 heterocycles. The van der Waals surface area contributed by atoms with Gasteiger partial charge in [0.25, 0.3) is 5.91 Å². The molecule has 7 nitrogen and oxygen atoms in total. The topological polar surface area (TPSA) is 96.5 Å². The summed E-state index contributed by atoms with van der Waals surface area (Å²) in [6.45, 7) is 3.10. The quantitative estimate of drug-likeness (QED) is 0.756. The van der Waals surface area contributed by atoms with Gasteiger partial charge < -0.3 is 20.7 Å². The molecule has 0 aromatic heterocycles. The SMILES string of the molecule is CC(=O)Nc1cc(NC(C)=O)cc(C(=O)NCC2Cc3ccccc3O2)c1. The van der Waals surface area contributed by atoms with Crippen molar-refractivity contribution < 1.29 is 19.1 Å². The normalized spacial score (nSPS) is 14.7. The Bertz CT molecular complexity index is 835. The first-order valence-electron chi connectivity index (χ1n) is 8.64. The van der Waals surface area contributed by atoms with Gasteiger partial charge in [-0.2, -0.15) is 0 Å². The van der Waals surface area contributed by atoms with Crippen molar-refractivity contribution in [1.82, 2.24) is 5.32 Å². The lowest BCUT2D eigenvalue weighted by molar-refractivity contribution is -0.115. The average molecular weight is 367 g/mol. The van der Waals surface area contributed by atoms with Crippen molar-refractivity contribution in [2.75, 3.05) is 17.2 Å². The minimum absolute atomic E-state index is 0.125. The van der Waals surface area contributed by atoms with E-state index in [9.17, 15) is 14.4 Å². The Morgan fingerprint density at radius 1 is 1.00 bits per heavy atom. The average Bonchev–Trinajstić information content (AvgIpc) is 3.01. The summed E-state index contributed by atoms with van der Waals surface area (Å²) in [5.41, 5.74) is 2.32. The summed E-state index contributed by atoms with van der Waals surface area (Å²) >= 11 is 0. The predicted molar refractivity (Wildman–Crippen MR) is 102 cm³/mol. The molecule has 2 aromatic carbocycles. The molecule has 0 spiro atoms. The van der Waals surface area contributed by atoms with Gasteiger partial charge >= 0.3 is 0 Å². The number of nitrogens with one attached hydrogen (secondary N) is 3. The number of ether oxygens (including phenoxy) is 1. The maximum Gasteiger partial charge on any atom is 0.251 e. The van der Waals surface area contributed by atoms with Gasteiger partial charge in [-0.25, -0.2) is 0 Å². The Morgan fingerprint density at radius 3 is 2.22 bits per heavy atom. The van der Waals surface area contributed by atoms with Gasteiger partial charge in [0.1, 0.15) is 11.9 Å². The molecule has 0 radical (unpaired) electrons. The molecule has 0 saturated carbocycles. The number of hydrogen-bond acceptors (Lipinski definition) is 4. The maximum atomic E-state index is 12.6. The van der Waals surface area contributed by atoms with Crippen LogP contribution in [0, 0.1) is 0 Å². The first-order valence-corrected chi connectivity index (χ1v) is 8.64. The summed E-state index contributed by atoms with van der Waals surface area (Å²) in [4.78, 5) is 35.2. The molecule has 2 aromatic rings. The number of carbonyl (C=O) groups excluding carboxylic acids is 3. The van der Waals surface area contributed by atoms with Crippen LogP contribution in [-0.4, -0.2) is 30.4 Å². The highest BCUT2D eigenvalue weighted by atomic mass is 16.5. The zero-order valence-corrected chi connectivity index (χ0v) is 15.2. The fraction of sp³-hybridized carbons (Fsp3) is 0.250. The standard InChI is InChI=1S/C20H21N3O4/c1-12(24)22-16-7-15(8-17(10-16)23-13(2)25)20(26)21-11-18-9-14-5-3-4-6-19(14)27-18/h3-8,10,18H,9,11H2,1-2H3,(H,21,26)(H,22,24)(H,23,25). The molecule has 3 amide bonds. The van der Waals surface area contributed by atoms with Crippen LogP contribution in [-0.2, 0) is 16.0 Å². The molecule has 0 saturated heterocycles. The Hall–Kier alpha value is -3.35. The highest BCUT2D eigenvalue weighted by Crippen LogP contribution is 2.27. The Morgan fingerprint density at radius 2 is 1.63 bits per heavy atom. The largest absolute Gasteiger partial charge is 0.488 e. The van der Waals surface area contributed by atoms with Gasteiger partial charge in [-0.3, -0.25) is 14.4 Å². The number of hydrogen-bond donors (Lipinski definition) is 3. The lowest BCUT2D eigenvalue weighted by Gasteiger charge is -2.14. The third kappa shape index (κ3) is 4.84. The number of benzene rings is 2. The van der Waals surface area contributed by atoms with Crippen LogP contribution >= 0.6 is 0 Å². The Labute approximate surface area is 157 Å². The highest BCUT2D eigenvalue weighted by Gasteiger charge is 2.23. The monoisotopic (exact) mass is 367 g/mol. The molecule has 3 N–H and O–H groups in total. The van der Waals surface area contributed by atoms with Crippen LogP contribution in [0.2, 0.25) is 0 Å². The summed E-state index contributed by atoms with van der Waals surface area (Å²) in [7, 11) is 0. The number of carbonyl (C=O) groups is 3. The summed E-state index contributed by atoms with van der Waals surface area (Å²) in [6, 6.07) is 12.5. The summed E-state index contributed by atoms with van der Waals surface area (Å²) in [6.07, 6.45) is 0.610. The van der Waals surface area contributed by atoms with Gasteiger partial charge in [-0.1, -0.05) is 18.2 Å². The van der Waals surface area contributed by atoms with E-state index in [0.29, 0.717) is 23.5 Å². The molecule has 0 bridgehead atoms. The summed E-state index contributed by atoms with van der Waals surface area (Å²) < 4.78 is 5.82. The van der Waals surface area contributed by atoms with Crippen LogP contribution in [0.15, 0.2) is 42.5 Å². The molecule has 1 unspecified atom stereocenters. The van der Waals surface area contributed by atoms with E-state index in [4.69, 9.17) is 4.74 Å². The van der Waals surface area contributed by atoms with Gasteiger partial charge in [-0.05, 0) is 29.8 Å². The minimum Gasteiger partial charge on any atom is -0.488 e. The van der Waals surface area contributed by atoms with E-state index in [2.05, 4.69) is 16.0 Å². The van der Waals surface area contributed by atoms with E-state index in [1.54, 1.807) is 18.2 Å². The molecule has 140 valence electrons. The Kier molecular flexibility index (Phi) is 5.40. The first-order chi connectivity index (χ1) is 12.9. The van der Waals surface area contributed by atoms with E-state index in [1.807, 2.05) is 24.3 Å². The molecule has 0 fully saturated rings. The zero-order valence-electron chi connectivity index (χ0n) is 15.2. The van der Waals surface area contributed by atoms with Crippen molar-refractivity contribution in [1.29, 1.82) is 0 Å². The van der Waals surface area contributed by atoms with Crippen LogP contribution in [0.25, 0.3) is 0 Å². The van der Waals surface area contributed by atoms with Crippen molar-refractivity contribution >= 4 is 29.1 Å². The van der Waals surface area contributed by atoms with E-state index < -0.39 is 0 Å². The second kappa shape index (κ2) is 7.90. The van der Waals surface area contributed by atoms with Gasteiger partial charge in [-0.15, -0.1) is 0 Å². The lowest BCUT2D eigenvalue weighted by atomic mass is 10.1. The van der Waals surface area contributed by atoms with Crippen molar-refractivity contribution in [3.8, 4) is 5.75 Å². The van der Waals surface area contributed by atoms with Crippen LogP contribution in [0.4, 0.5) is 11.4 Å². The smallest absolute Gasteiger partial charge is 0.251 e. The van der Waals surface area contributed by atoms with E-state index in [-0.39, 0.29) is 23.8 Å². The molecule has 3 rings (SSSR count). The molecular formula is C20H21N3O4. The number of anilines is 2. The zero-order chi connectivity index (χ0) is 19.4. The second-order valence-corrected chi connectivity index (χ2v) is 6.42. The fourth-order valence-corrected chi connectivity index (χ4v) is 2.99. The van der Waals surface area contributed by atoms with Crippen LogP contribution < -0.4 is 20.7 Å². The van der Waals surface area contributed by atoms with Crippen LogP contribution in [0.5, 0.6) is 5.75 Å². The third-order valence-corrected chi connectivity index (χ3v) is 4.04. The third-order valence-electron chi connectivity index (χ3n) is 4.04. The van der Waals surface area contributed by atoms with Crippen molar-refractivity contribution in [2.24, 2.45) is 0 Å². The second-order valence-electron chi connectivity index (χ2n) is 6.42. The Balaban J connectivity index is 1.68. The van der Waals surface area contributed by atoms with E-state index in [0.717, 1.165) is 17.7 Å². The van der Waals surface area contributed by atoms with E-state index >= 15 is 0 Å². The number of fused-ring (bicyclic) bond motifs is 1. The summed E-state index contributed by atoms with van der Waals surface area (Å²) in [5, 5.41) is 8.10. The van der Waals surface area contributed by atoms with Crippen molar-refractivity contribution in [2.45, 2.75) is 26.4 Å². The van der Waals surface area contributed by atoms with Gasteiger partial charge in [0, 0.05) is 37.2 Å². The van der Waals surface area contributed by atoms with Gasteiger partial charge in [0.2, 0.25) is 11.8 Å². The molecule has 0 aliphatic carbocycles. The first kappa shape index (κ1) is 18.4. The van der Waals surface area contributed by atoms with Crippen LogP contribution in [0.1, 0.15) is 29.8 Å². The number of para-hydroxylation sites is 1. The molecule has 1 atom stereocenters. The predicted octanol–water partition coefficient (Wildman–Crippen LogP) is 2.34. The molecule has 7 heteroatoms. The maximum absolute atomic E-state index is 12.6. The molecule has 1 aliphatic rings. The van der Waals surface area contributed by atoms with E-state index in [1.165, 1.54) is 13.8 Å². The highest BCUT2D eigenvalue weighted by molar-refractivity contribution is 5.99.